The van der Waals surface area contributed by atoms with Gasteiger partial charge in [0, 0.05) is 29.7 Å². The van der Waals surface area contributed by atoms with Gasteiger partial charge in [-0.1, -0.05) is 54.6 Å². The summed E-state index contributed by atoms with van der Waals surface area (Å²) in [5.41, 5.74) is -0.0683. The molecule has 0 spiro atoms. The largest absolute Gasteiger partial charge is 0.480 e. The van der Waals surface area contributed by atoms with E-state index in [4.69, 9.17) is 16.3 Å². The Morgan fingerprint density at radius 2 is 1.92 bits per heavy atom. The highest BCUT2D eigenvalue weighted by atomic mass is 35.5. The Morgan fingerprint density at radius 3 is 2.50 bits per heavy atom. The molecule has 2 atom stereocenters. The number of thiol groups is 1. The van der Waals surface area contributed by atoms with Crippen LogP contribution in [-0.2, 0) is 19.6 Å². The maximum atomic E-state index is 12.9. The number of amides is 2. The third kappa shape index (κ3) is 7.39. The Kier molecular flexibility index (Phi) is 10.0. The summed E-state index contributed by atoms with van der Waals surface area (Å²) in [6, 6.07) is 6.62. The summed E-state index contributed by atoms with van der Waals surface area (Å²) >= 11 is 9.95. The number of nitrogens with zero attached hydrogens (tertiary/aromatic N) is 1. The van der Waals surface area contributed by atoms with Gasteiger partial charge in [-0.25, -0.2) is 13.2 Å². The van der Waals surface area contributed by atoms with Crippen LogP contribution in [0.5, 0.6) is 0 Å². The number of carbonyl (C=O) groups is 2. The molecular formula is C26H30ClN3O6S2. The first-order chi connectivity index (χ1) is 18.0. The van der Waals surface area contributed by atoms with Gasteiger partial charge in [0.25, 0.3) is 0 Å². The molecule has 3 N–H and O–H groups in total. The molecule has 2 fully saturated rings. The number of halogens is 1. The zero-order chi connectivity index (χ0) is 27.9. The first kappa shape index (κ1) is 29.7. The van der Waals surface area contributed by atoms with Crippen LogP contribution in [-0.4, -0.2) is 62.3 Å². The van der Waals surface area contributed by atoms with Gasteiger partial charge in [-0.05, 0) is 48.8 Å². The molecule has 204 valence electrons. The molecule has 1 saturated heterocycles. The average molecular weight is 580 g/mol. The number of urea groups is 1. The number of benzene rings is 1. The molecule has 3 rings (SSSR count). The standard InChI is InChI=1S/C26H30ClN3O6S2/c1-3-19(16-21(4-2)28-25(33)30-12-14-36-15-13-30)22-17-26(22,24(31)32)29-38(34,35)23(37)7-5-6-18-8-10-20(27)11-9-18/h3-11,16,22,29,37H,1,12-15,17H2,2H3,(H,28,33)(H,31,32)/b6-5+,19-16+,21-4+,23-7+. The summed E-state index contributed by atoms with van der Waals surface area (Å²) < 4.78 is 33.1. The number of ether oxygens (including phenoxy) is 1. The van der Waals surface area contributed by atoms with Crippen LogP contribution in [0.1, 0.15) is 18.9 Å². The third-order valence-corrected chi connectivity index (χ3v) is 8.59. The van der Waals surface area contributed by atoms with E-state index in [1.807, 2.05) is 0 Å². The number of carbonyl (C=O) groups excluding carboxylic acids is 1. The predicted molar refractivity (Wildman–Crippen MR) is 151 cm³/mol. The molecule has 9 nitrogen and oxygen atoms in total. The summed E-state index contributed by atoms with van der Waals surface area (Å²) in [7, 11) is -4.25. The van der Waals surface area contributed by atoms with E-state index >= 15 is 0 Å². The monoisotopic (exact) mass is 579 g/mol. The smallest absolute Gasteiger partial charge is 0.325 e. The van der Waals surface area contributed by atoms with Crippen LogP contribution in [0.4, 0.5) is 4.79 Å². The highest BCUT2D eigenvalue weighted by molar-refractivity contribution is 8.09. The van der Waals surface area contributed by atoms with Gasteiger partial charge in [0.05, 0.1) is 13.2 Å². The Balaban J connectivity index is 1.74. The van der Waals surface area contributed by atoms with E-state index in [-0.39, 0.29) is 16.7 Å². The number of morpholine rings is 1. The van der Waals surface area contributed by atoms with Gasteiger partial charge in [-0.3, -0.25) is 4.79 Å². The molecule has 0 radical (unpaired) electrons. The number of hydrogen-bond donors (Lipinski definition) is 4. The molecule has 1 saturated carbocycles. The van der Waals surface area contributed by atoms with Gasteiger partial charge in [-0.15, -0.1) is 12.6 Å². The van der Waals surface area contributed by atoms with Crippen molar-refractivity contribution in [2.45, 2.75) is 18.9 Å². The number of nitrogens with one attached hydrogen (secondary N) is 2. The maximum absolute atomic E-state index is 12.9. The fourth-order valence-corrected chi connectivity index (χ4v) is 5.40. The van der Waals surface area contributed by atoms with Crippen molar-refractivity contribution in [3.63, 3.8) is 0 Å². The van der Waals surface area contributed by atoms with Gasteiger partial charge < -0.3 is 20.1 Å². The lowest BCUT2D eigenvalue weighted by Crippen LogP contribution is -2.46. The molecule has 2 aliphatic rings. The molecule has 1 aromatic rings. The number of hydrogen-bond acceptors (Lipinski definition) is 6. The molecule has 1 heterocycles. The van der Waals surface area contributed by atoms with Crippen LogP contribution in [0.25, 0.3) is 6.08 Å². The lowest BCUT2D eigenvalue weighted by molar-refractivity contribution is -0.140. The minimum Gasteiger partial charge on any atom is -0.480 e. The minimum atomic E-state index is -4.25. The Morgan fingerprint density at radius 1 is 1.26 bits per heavy atom. The first-order valence-electron chi connectivity index (χ1n) is 11.8. The summed E-state index contributed by atoms with van der Waals surface area (Å²) in [5, 5.41) is 13.3. The molecule has 1 aliphatic carbocycles. The number of rotatable bonds is 10. The zero-order valence-electron chi connectivity index (χ0n) is 20.8. The number of carboxylic acid groups (broad SMARTS) is 1. The van der Waals surface area contributed by atoms with Gasteiger partial charge in [0.2, 0.25) is 10.0 Å². The van der Waals surface area contributed by atoms with Crippen LogP contribution in [0, 0.1) is 5.92 Å². The van der Waals surface area contributed by atoms with Crippen molar-refractivity contribution in [3.8, 4) is 0 Å². The lowest BCUT2D eigenvalue weighted by Gasteiger charge is -2.27. The molecular weight excluding hydrogens is 550 g/mol. The third-order valence-electron chi connectivity index (χ3n) is 6.15. The molecule has 38 heavy (non-hydrogen) atoms. The lowest BCUT2D eigenvalue weighted by atomic mass is 10.1. The fourth-order valence-electron chi connectivity index (χ4n) is 3.90. The number of sulfonamides is 1. The maximum Gasteiger partial charge on any atom is 0.325 e. The molecule has 2 unspecified atom stereocenters. The van der Waals surface area contributed by atoms with Crippen molar-refractivity contribution in [3.05, 3.63) is 87.3 Å². The van der Waals surface area contributed by atoms with E-state index < -0.39 is 27.4 Å². The molecule has 1 aliphatic heterocycles. The molecule has 0 aromatic heterocycles. The van der Waals surface area contributed by atoms with Crippen LogP contribution in [0.2, 0.25) is 5.02 Å². The first-order valence-corrected chi connectivity index (χ1v) is 14.1. The highest BCUT2D eigenvalue weighted by Gasteiger charge is 2.63. The van der Waals surface area contributed by atoms with Crippen LogP contribution < -0.4 is 10.0 Å². The molecule has 1 aromatic carbocycles. The summed E-state index contributed by atoms with van der Waals surface area (Å²) in [6.07, 6.45) is 9.15. The quantitative estimate of drug-likeness (QED) is 0.246. The van der Waals surface area contributed by atoms with Crippen molar-refractivity contribution in [1.29, 1.82) is 0 Å². The summed E-state index contributed by atoms with van der Waals surface area (Å²) in [4.78, 5) is 26.4. The second-order valence-electron chi connectivity index (χ2n) is 8.68. The highest BCUT2D eigenvalue weighted by Crippen LogP contribution is 2.50. The van der Waals surface area contributed by atoms with Gasteiger partial charge in [0.15, 0.2) is 0 Å². The normalized spacial score (nSPS) is 22.9. The topological polar surface area (TPSA) is 125 Å². The van der Waals surface area contributed by atoms with Crippen molar-refractivity contribution in [2.75, 3.05) is 26.3 Å². The Hall–Kier alpha value is -2.83. The van der Waals surface area contributed by atoms with E-state index in [0.717, 1.165) is 5.56 Å². The Labute approximate surface area is 233 Å². The van der Waals surface area contributed by atoms with Gasteiger partial charge in [0.1, 0.15) is 9.78 Å². The molecule has 12 heteroatoms. The van der Waals surface area contributed by atoms with E-state index in [9.17, 15) is 23.1 Å². The zero-order valence-corrected chi connectivity index (χ0v) is 23.2. The van der Waals surface area contributed by atoms with Crippen molar-refractivity contribution in [2.24, 2.45) is 5.92 Å². The van der Waals surface area contributed by atoms with Gasteiger partial charge >= 0.3 is 12.0 Å². The number of allylic oxidation sites excluding steroid dienone is 5. The summed E-state index contributed by atoms with van der Waals surface area (Å²) in [6.45, 7) is 7.31. The van der Waals surface area contributed by atoms with Gasteiger partial charge in [-0.2, -0.15) is 4.72 Å². The van der Waals surface area contributed by atoms with Crippen LogP contribution >= 0.6 is 24.2 Å². The van der Waals surface area contributed by atoms with Crippen molar-refractivity contribution >= 4 is 52.3 Å². The van der Waals surface area contributed by atoms with E-state index in [1.165, 1.54) is 18.2 Å². The average Bonchev–Trinajstić information content (AvgIpc) is 3.62. The minimum absolute atomic E-state index is 0.00942. The van der Waals surface area contributed by atoms with E-state index in [1.54, 1.807) is 54.3 Å². The number of aliphatic carboxylic acids is 1. The Bertz CT molecular complexity index is 1300. The second kappa shape index (κ2) is 12.8. The van der Waals surface area contributed by atoms with E-state index in [2.05, 4.69) is 29.2 Å². The fraction of sp³-hybridized carbons (Fsp3) is 0.308. The van der Waals surface area contributed by atoms with E-state index in [0.29, 0.717) is 42.6 Å². The second-order valence-corrected chi connectivity index (χ2v) is 11.5. The predicted octanol–water partition coefficient (Wildman–Crippen LogP) is 3.95. The molecule has 0 bridgehead atoms. The summed E-state index contributed by atoms with van der Waals surface area (Å²) in [5.74, 6) is -2.02. The van der Waals surface area contributed by atoms with Crippen LogP contribution in [0.15, 0.2) is 76.7 Å². The number of carboxylic acids is 1. The van der Waals surface area contributed by atoms with Crippen LogP contribution in [0.3, 0.4) is 0 Å². The molecule has 2 amide bonds. The van der Waals surface area contributed by atoms with Crippen molar-refractivity contribution < 1.29 is 27.9 Å². The van der Waals surface area contributed by atoms with Crippen molar-refractivity contribution in [1.82, 2.24) is 14.9 Å². The SMILES string of the molecule is C=C/C(=C\C(=C/C)NC(=O)N1CCOCC1)C1CC1(NS(=O)(=O)/C(S)=C/C=C/c1ccc(Cl)cc1)C(=O)O.